The number of rotatable bonds is 10. The van der Waals surface area contributed by atoms with Crippen LogP contribution in [0.1, 0.15) is 42.9 Å². The summed E-state index contributed by atoms with van der Waals surface area (Å²) >= 11 is 11.6. The number of halogens is 1. The van der Waals surface area contributed by atoms with E-state index in [1.54, 1.807) is 16.7 Å². The Balaban J connectivity index is 1.74. The minimum Gasteiger partial charge on any atom is -0.345 e. The molecule has 0 radical (unpaired) electrons. The molecular weight excluding hydrogens is 482 g/mol. The van der Waals surface area contributed by atoms with Crippen LogP contribution in [-0.2, 0) is 16.6 Å². The lowest BCUT2D eigenvalue weighted by Gasteiger charge is -2.21. The van der Waals surface area contributed by atoms with Crippen LogP contribution in [0.5, 0.6) is 0 Å². The quantitative estimate of drug-likeness (QED) is 0.398. The smallest absolute Gasteiger partial charge is 0.251 e. The Bertz CT molecular complexity index is 1260. The second kappa shape index (κ2) is 11.1. The minimum absolute atomic E-state index is 0.0953. The van der Waals surface area contributed by atoms with Crippen LogP contribution < -0.4 is 5.32 Å². The van der Waals surface area contributed by atoms with E-state index in [1.807, 2.05) is 26.0 Å². The molecule has 0 saturated heterocycles. The first-order valence-electron chi connectivity index (χ1n) is 10.6. The molecule has 11 heteroatoms. The summed E-state index contributed by atoms with van der Waals surface area (Å²) in [5.74, 6) is 0.118. The van der Waals surface area contributed by atoms with Gasteiger partial charge in [0, 0.05) is 18.7 Å². The van der Waals surface area contributed by atoms with E-state index in [0.29, 0.717) is 40.0 Å². The Morgan fingerprint density at radius 1 is 1.12 bits per heavy atom. The van der Waals surface area contributed by atoms with E-state index in [4.69, 9.17) is 23.8 Å². The molecule has 0 aliphatic rings. The lowest BCUT2D eigenvalue weighted by atomic mass is 10.2. The number of benzene rings is 2. The van der Waals surface area contributed by atoms with Crippen LogP contribution >= 0.6 is 23.8 Å². The summed E-state index contributed by atoms with van der Waals surface area (Å²) in [6.07, 6.45) is 1.46. The average molecular weight is 508 g/mol. The standard InChI is InChI=1S/C22H26ClN5O3S2/c1-3-13-27(14-4-2)33(30,31)17-11-9-16(10-12-17)21(29)24-15-20-25-26-22(32)28(20)19-8-6-5-7-18(19)23/h5-12H,3-4,13-15H2,1-2H3,(H,24,29)(H,26,32). The highest BCUT2D eigenvalue weighted by atomic mass is 35.5. The Labute approximate surface area is 203 Å². The van der Waals surface area contributed by atoms with Crippen molar-refractivity contribution in [1.82, 2.24) is 24.4 Å². The van der Waals surface area contributed by atoms with Gasteiger partial charge in [-0.05, 0) is 61.5 Å². The van der Waals surface area contributed by atoms with Crippen LogP contribution in [0.15, 0.2) is 53.4 Å². The Hall–Kier alpha value is -2.53. The molecule has 3 aromatic rings. The molecule has 0 aliphatic carbocycles. The predicted molar refractivity (Wildman–Crippen MR) is 131 cm³/mol. The summed E-state index contributed by atoms with van der Waals surface area (Å²) in [5.41, 5.74) is 0.991. The Morgan fingerprint density at radius 3 is 2.36 bits per heavy atom. The number of aromatic nitrogens is 3. The van der Waals surface area contributed by atoms with Gasteiger partial charge in [0.1, 0.15) is 0 Å². The van der Waals surface area contributed by atoms with Crippen molar-refractivity contribution in [3.05, 3.63) is 69.7 Å². The monoisotopic (exact) mass is 507 g/mol. The Kier molecular flexibility index (Phi) is 8.41. The number of amides is 1. The summed E-state index contributed by atoms with van der Waals surface area (Å²) in [5, 5.41) is 10.2. The molecule has 33 heavy (non-hydrogen) atoms. The minimum atomic E-state index is -3.60. The van der Waals surface area contributed by atoms with Gasteiger partial charge in [0.2, 0.25) is 10.0 Å². The molecule has 0 bridgehead atoms. The molecule has 8 nitrogen and oxygen atoms in total. The van der Waals surface area contributed by atoms with Gasteiger partial charge in [-0.3, -0.25) is 14.5 Å². The third-order valence-corrected chi connectivity index (χ3v) is 7.45. The molecule has 2 aromatic carbocycles. The second-order valence-electron chi connectivity index (χ2n) is 7.34. The summed E-state index contributed by atoms with van der Waals surface area (Å²) < 4.78 is 29.3. The molecule has 0 spiro atoms. The van der Waals surface area contributed by atoms with Gasteiger partial charge in [-0.2, -0.15) is 9.40 Å². The van der Waals surface area contributed by atoms with Crippen LogP contribution in [0.4, 0.5) is 0 Å². The van der Waals surface area contributed by atoms with Crippen LogP contribution in [0, 0.1) is 4.77 Å². The average Bonchev–Trinajstić information content (AvgIpc) is 3.17. The molecule has 176 valence electrons. The maximum Gasteiger partial charge on any atom is 0.251 e. The largest absolute Gasteiger partial charge is 0.345 e. The molecule has 1 aromatic heterocycles. The lowest BCUT2D eigenvalue weighted by molar-refractivity contribution is 0.0949. The van der Waals surface area contributed by atoms with Gasteiger partial charge in [0.05, 0.1) is 22.2 Å². The number of hydrogen-bond acceptors (Lipinski definition) is 5. The molecule has 0 aliphatic heterocycles. The summed E-state index contributed by atoms with van der Waals surface area (Å²) in [6.45, 7) is 4.89. The van der Waals surface area contributed by atoms with E-state index in [1.165, 1.54) is 28.6 Å². The van der Waals surface area contributed by atoms with E-state index >= 15 is 0 Å². The van der Waals surface area contributed by atoms with Gasteiger partial charge in [0.15, 0.2) is 10.6 Å². The van der Waals surface area contributed by atoms with E-state index < -0.39 is 10.0 Å². The SMILES string of the molecule is CCCN(CCC)S(=O)(=O)c1ccc(C(=O)NCc2n[nH]c(=S)n2-c2ccccc2Cl)cc1. The van der Waals surface area contributed by atoms with E-state index in [9.17, 15) is 13.2 Å². The molecule has 1 heterocycles. The third-order valence-electron chi connectivity index (χ3n) is 4.94. The van der Waals surface area contributed by atoms with Gasteiger partial charge < -0.3 is 5.32 Å². The highest BCUT2D eigenvalue weighted by Crippen LogP contribution is 2.21. The number of nitrogens with zero attached hydrogens (tertiary/aromatic N) is 3. The maximum absolute atomic E-state index is 12.9. The van der Waals surface area contributed by atoms with Crippen LogP contribution in [-0.4, -0.2) is 46.5 Å². The van der Waals surface area contributed by atoms with E-state index in [2.05, 4.69) is 15.5 Å². The molecule has 2 N–H and O–H groups in total. The zero-order valence-electron chi connectivity index (χ0n) is 18.4. The summed E-state index contributed by atoms with van der Waals surface area (Å²) in [7, 11) is -3.60. The fraction of sp³-hybridized carbons (Fsp3) is 0.318. The second-order valence-corrected chi connectivity index (χ2v) is 10.1. The number of sulfonamides is 1. The molecule has 3 rings (SSSR count). The molecule has 1 amide bonds. The Morgan fingerprint density at radius 2 is 1.76 bits per heavy atom. The normalized spacial score (nSPS) is 11.6. The highest BCUT2D eigenvalue weighted by molar-refractivity contribution is 7.89. The molecule has 0 unspecified atom stereocenters. The van der Waals surface area contributed by atoms with E-state index in [0.717, 1.165) is 12.8 Å². The van der Waals surface area contributed by atoms with Crippen molar-refractivity contribution in [2.45, 2.75) is 38.1 Å². The maximum atomic E-state index is 12.9. The summed E-state index contributed by atoms with van der Waals surface area (Å²) in [6, 6.07) is 13.1. The summed E-state index contributed by atoms with van der Waals surface area (Å²) in [4.78, 5) is 12.8. The van der Waals surface area contributed by atoms with Gasteiger partial charge >= 0.3 is 0 Å². The van der Waals surface area contributed by atoms with Crippen LogP contribution in [0.3, 0.4) is 0 Å². The number of carbonyl (C=O) groups is 1. The molecule has 0 saturated carbocycles. The van der Waals surface area contributed by atoms with Gasteiger partial charge in [-0.15, -0.1) is 0 Å². The first-order chi connectivity index (χ1) is 15.8. The molecular formula is C22H26ClN5O3S2. The molecule has 0 fully saturated rings. The van der Waals surface area contributed by atoms with Crippen molar-refractivity contribution in [3.8, 4) is 5.69 Å². The van der Waals surface area contributed by atoms with Crippen molar-refractivity contribution < 1.29 is 13.2 Å². The fourth-order valence-corrected chi connectivity index (χ4v) is 5.46. The number of para-hydroxylation sites is 1. The van der Waals surface area contributed by atoms with Gasteiger partial charge in [0.25, 0.3) is 5.91 Å². The first kappa shape index (κ1) is 25.1. The lowest BCUT2D eigenvalue weighted by Crippen LogP contribution is -2.32. The first-order valence-corrected chi connectivity index (χ1v) is 12.8. The van der Waals surface area contributed by atoms with Crippen molar-refractivity contribution in [2.75, 3.05) is 13.1 Å². The van der Waals surface area contributed by atoms with Crippen molar-refractivity contribution >= 4 is 39.7 Å². The fourth-order valence-electron chi connectivity index (χ4n) is 3.37. The number of H-pyrrole nitrogens is 1. The van der Waals surface area contributed by atoms with E-state index in [-0.39, 0.29) is 17.3 Å². The number of carbonyl (C=O) groups excluding carboxylic acids is 1. The number of aromatic amines is 1. The number of nitrogens with one attached hydrogen (secondary N) is 2. The van der Waals surface area contributed by atoms with Crippen LogP contribution in [0.2, 0.25) is 5.02 Å². The molecule has 0 atom stereocenters. The highest BCUT2D eigenvalue weighted by Gasteiger charge is 2.23. The van der Waals surface area contributed by atoms with Crippen LogP contribution in [0.25, 0.3) is 5.69 Å². The van der Waals surface area contributed by atoms with Gasteiger partial charge in [-0.25, -0.2) is 8.42 Å². The van der Waals surface area contributed by atoms with Crippen molar-refractivity contribution in [2.24, 2.45) is 0 Å². The van der Waals surface area contributed by atoms with Gasteiger partial charge in [-0.1, -0.05) is 37.6 Å². The van der Waals surface area contributed by atoms with Crippen molar-refractivity contribution in [1.29, 1.82) is 0 Å². The topological polar surface area (TPSA) is 100 Å². The predicted octanol–water partition coefficient (Wildman–Crippen LogP) is 4.32. The number of hydrogen-bond donors (Lipinski definition) is 2. The van der Waals surface area contributed by atoms with Crippen molar-refractivity contribution in [3.63, 3.8) is 0 Å². The third kappa shape index (κ3) is 5.70. The zero-order chi connectivity index (χ0) is 24.0. The zero-order valence-corrected chi connectivity index (χ0v) is 20.8.